The lowest BCUT2D eigenvalue weighted by Crippen LogP contribution is -2.32. The quantitative estimate of drug-likeness (QED) is 0.814. The lowest BCUT2D eigenvalue weighted by molar-refractivity contribution is -0.141. The van der Waals surface area contributed by atoms with Crippen molar-refractivity contribution in [3.63, 3.8) is 0 Å². The van der Waals surface area contributed by atoms with Gasteiger partial charge in [-0.1, -0.05) is 54.1 Å². The molecular formula is C19H20ClNO3. The van der Waals surface area contributed by atoms with Crippen LogP contribution >= 0.6 is 11.6 Å². The van der Waals surface area contributed by atoms with E-state index in [9.17, 15) is 9.59 Å². The normalized spacial score (nSPS) is 11.6. The molecule has 0 aromatic heterocycles. The van der Waals surface area contributed by atoms with E-state index in [4.69, 9.17) is 16.3 Å². The zero-order chi connectivity index (χ0) is 17.5. The molecule has 5 heteroatoms. The van der Waals surface area contributed by atoms with Crippen LogP contribution in [0.25, 0.3) is 0 Å². The van der Waals surface area contributed by atoms with Gasteiger partial charge in [0.25, 0.3) is 0 Å². The lowest BCUT2D eigenvalue weighted by atomic mass is 10.0. The van der Waals surface area contributed by atoms with Crippen LogP contribution in [0.1, 0.15) is 29.2 Å². The molecule has 0 aliphatic rings. The second-order valence-electron chi connectivity index (χ2n) is 5.53. The van der Waals surface area contributed by atoms with E-state index in [1.54, 1.807) is 18.2 Å². The molecule has 126 valence electrons. The van der Waals surface area contributed by atoms with Crippen LogP contribution in [0.2, 0.25) is 5.02 Å². The first kappa shape index (κ1) is 18.0. The number of carbonyl (C=O) groups is 2. The molecule has 0 aliphatic heterocycles. The molecule has 1 amide bonds. The average molecular weight is 346 g/mol. The molecular weight excluding hydrogens is 326 g/mol. The van der Waals surface area contributed by atoms with Gasteiger partial charge in [-0.2, -0.15) is 0 Å². The highest BCUT2D eigenvalue weighted by Gasteiger charge is 2.21. The minimum atomic E-state index is -0.525. The van der Waals surface area contributed by atoms with Crippen LogP contribution in [-0.2, 0) is 20.7 Å². The number of esters is 1. The molecule has 0 radical (unpaired) electrons. The molecule has 0 bridgehead atoms. The van der Waals surface area contributed by atoms with Gasteiger partial charge in [0, 0.05) is 5.02 Å². The standard InChI is InChI=1S/C19H20ClNO3/c1-13-7-3-4-8-14(13)11-18(22)21-17(12-19(23)24-2)15-9-5-6-10-16(15)20/h3-10,17H,11-12H2,1-2H3,(H,21,22). The van der Waals surface area contributed by atoms with Gasteiger partial charge >= 0.3 is 5.97 Å². The molecule has 0 spiro atoms. The minimum absolute atomic E-state index is 0.0275. The van der Waals surface area contributed by atoms with Crippen molar-refractivity contribution < 1.29 is 14.3 Å². The Morgan fingerprint density at radius 2 is 1.79 bits per heavy atom. The zero-order valence-electron chi connectivity index (χ0n) is 13.7. The topological polar surface area (TPSA) is 55.4 Å². The second-order valence-corrected chi connectivity index (χ2v) is 5.93. The number of ether oxygens (including phenoxy) is 1. The Morgan fingerprint density at radius 3 is 2.46 bits per heavy atom. The van der Waals surface area contributed by atoms with Gasteiger partial charge in [0.05, 0.1) is 26.0 Å². The maximum atomic E-state index is 12.4. The first-order valence-electron chi connectivity index (χ1n) is 7.66. The number of benzene rings is 2. The summed E-state index contributed by atoms with van der Waals surface area (Å²) >= 11 is 6.21. The maximum Gasteiger partial charge on any atom is 0.307 e. The van der Waals surface area contributed by atoms with E-state index >= 15 is 0 Å². The largest absolute Gasteiger partial charge is 0.469 e. The highest BCUT2D eigenvalue weighted by molar-refractivity contribution is 6.31. The van der Waals surface area contributed by atoms with E-state index in [1.165, 1.54) is 7.11 Å². The summed E-state index contributed by atoms with van der Waals surface area (Å²) in [6.45, 7) is 1.96. The van der Waals surface area contributed by atoms with Gasteiger partial charge < -0.3 is 10.1 Å². The molecule has 0 saturated carbocycles. The summed E-state index contributed by atoms with van der Waals surface area (Å²) in [7, 11) is 1.32. The fourth-order valence-electron chi connectivity index (χ4n) is 2.47. The van der Waals surface area contributed by atoms with E-state index < -0.39 is 12.0 Å². The van der Waals surface area contributed by atoms with E-state index in [1.807, 2.05) is 37.3 Å². The number of rotatable bonds is 6. The Labute approximate surface area is 146 Å². The van der Waals surface area contributed by atoms with Crippen molar-refractivity contribution in [2.45, 2.75) is 25.8 Å². The van der Waals surface area contributed by atoms with Gasteiger partial charge in [0.1, 0.15) is 0 Å². The number of hydrogen-bond acceptors (Lipinski definition) is 3. The predicted octanol–water partition coefficient (Wildman–Crippen LogP) is 3.61. The molecule has 2 rings (SSSR count). The number of amides is 1. The molecule has 0 fully saturated rings. The van der Waals surface area contributed by atoms with Crippen LogP contribution in [0.4, 0.5) is 0 Å². The van der Waals surface area contributed by atoms with E-state index in [2.05, 4.69) is 5.32 Å². The number of aryl methyl sites for hydroxylation is 1. The van der Waals surface area contributed by atoms with Crippen LogP contribution in [0.5, 0.6) is 0 Å². The third kappa shape index (κ3) is 4.83. The van der Waals surface area contributed by atoms with Crippen LogP contribution < -0.4 is 5.32 Å². The fraction of sp³-hybridized carbons (Fsp3) is 0.263. The fourth-order valence-corrected chi connectivity index (χ4v) is 2.74. The molecule has 24 heavy (non-hydrogen) atoms. The molecule has 1 atom stereocenters. The number of halogens is 1. The highest BCUT2D eigenvalue weighted by atomic mass is 35.5. The van der Waals surface area contributed by atoms with Crippen molar-refractivity contribution in [3.8, 4) is 0 Å². The van der Waals surface area contributed by atoms with Crippen molar-refractivity contribution in [1.29, 1.82) is 0 Å². The smallest absolute Gasteiger partial charge is 0.307 e. The van der Waals surface area contributed by atoms with Gasteiger partial charge in [0.2, 0.25) is 5.91 Å². The van der Waals surface area contributed by atoms with Crippen LogP contribution in [-0.4, -0.2) is 19.0 Å². The third-order valence-electron chi connectivity index (χ3n) is 3.83. The monoisotopic (exact) mass is 345 g/mol. The molecule has 1 unspecified atom stereocenters. The van der Waals surface area contributed by atoms with E-state index in [0.717, 1.165) is 11.1 Å². The summed E-state index contributed by atoms with van der Waals surface area (Å²) in [6.07, 6.45) is 0.272. The number of methoxy groups -OCH3 is 1. The van der Waals surface area contributed by atoms with Gasteiger partial charge in [0.15, 0.2) is 0 Å². The molecule has 4 nitrogen and oxygen atoms in total. The highest BCUT2D eigenvalue weighted by Crippen LogP contribution is 2.25. The third-order valence-corrected chi connectivity index (χ3v) is 4.17. The molecule has 2 aromatic carbocycles. The molecule has 0 aliphatic carbocycles. The summed E-state index contributed by atoms with van der Waals surface area (Å²) in [5.41, 5.74) is 2.70. The minimum Gasteiger partial charge on any atom is -0.469 e. The maximum absolute atomic E-state index is 12.4. The van der Waals surface area contributed by atoms with Crippen LogP contribution in [0.15, 0.2) is 48.5 Å². The van der Waals surface area contributed by atoms with E-state index in [-0.39, 0.29) is 18.7 Å². The van der Waals surface area contributed by atoms with E-state index in [0.29, 0.717) is 10.6 Å². The van der Waals surface area contributed by atoms with Crippen molar-refractivity contribution in [2.75, 3.05) is 7.11 Å². The molecule has 1 N–H and O–H groups in total. The van der Waals surface area contributed by atoms with Crippen LogP contribution in [0.3, 0.4) is 0 Å². The molecule has 0 saturated heterocycles. The molecule has 2 aromatic rings. The Morgan fingerprint density at radius 1 is 1.12 bits per heavy atom. The summed E-state index contributed by atoms with van der Waals surface area (Å²) in [4.78, 5) is 24.1. The molecule has 0 heterocycles. The Balaban J connectivity index is 2.16. The van der Waals surface area contributed by atoms with Crippen molar-refractivity contribution in [1.82, 2.24) is 5.32 Å². The Kier molecular flexibility index (Phi) is 6.38. The number of nitrogens with one attached hydrogen (secondary N) is 1. The second kappa shape index (κ2) is 8.50. The van der Waals surface area contributed by atoms with Gasteiger partial charge in [-0.3, -0.25) is 9.59 Å². The predicted molar refractivity (Wildman–Crippen MR) is 93.9 cm³/mol. The van der Waals surface area contributed by atoms with Gasteiger partial charge in [-0.25, -0.2) is 0 Å². The summed E-state index contributed by atoms with van der Waals surface area (Å²) < 4.78 is 4.73. The Bertz CT molecular complexity index is 730. The van der Waals surface area contributed by atoms with Crippen molar-refractivity contribution in [2.24, 2.45) is 0 Å². The summed E-state index contributed by atoms with van der Waals surface area (Å²) in [5, 5.41) is 3.39. The van der Waals surface area contributed by atoms with Gasteiger partial charge in [-0.15, -0.1) is 0 Å². The first-order valence-corrected chi connectivity index (χ1v) is 8.04. The zero-order valence-corrected chi connectivity index (χ0v) is 14.5. The van der Waals surface area contributed by atoms with Gasteiger partial charge in [-0.05, 0) is 29.7 Å². The Hall–Kier alpha value is -2.33. The summed E-state index contributed by atoms with van der Waals surface area (Å²) in [6, 6.07) is 14.3. The van der Waals surface area contributed by atoms with Crippen molar-refractivity contribution in [3.05, 3.63) is 70.2 Å². The number of carbonyl (C=O) groups excluding carboxylic acids is 2. The van der Waals surface area contributed by atoms with Crippen LogP contribution in [0, 0.1) is 6.92 Å². The van der Waals surface area contributed by atoms with Crippen molar-refractivity contribution >= 4 is 23.5 Å². The average Bonchev–Trinajstić information content (AvgIpc) is 2.56. The summed E-state index contributed by atoms with van der Waals surface area (Å²) in [5.74, 6) is -0.575. The lowest BCUT2D eigenvalue weighted by Gasteiger charge is -2.19. The SMILES string of the molecule is COC(=O)CC(NC(=O)Cc1ccccc1C)c1ccccc1Cl. The first-order chi connectivity index (χ1) is 11.5. The number of hydrogen-bond donors (Lipinski definition) is 1.